The lowest BCUT2D eigenvalue weighted by Crippen LogP contribution is -2.18. The molecular weight excluding hydrogens is 429 g/mol. The summed E-state index contributed by atoms with van der Waals surface area (Å²) in [5.41, 5.74) is 0.476. The number of anilines is 1. The highest BCUT2D eigenvalue weighted by molar-refractivity contribution is 7.13. The van der Waals surface area contributed by atoms with Gasteiger partial charge in [0.25, 0.3) is 5.91 Å². The third-order valence-corrected chi connectivity index (χ3v) is 4.75. The van der Waals surface area contributed by atoms with Crippen LogP contribution in [0.4, 0.5) is 18.3 Å². The van der Waals surface area contributed by atoms with Gasteiger partial charge in [0, 0.05) is 35.9 Å². The van der Waals surface area contributed by atoms with Crippen LogP contribution in [0.5, 0.6) is 5.75 Å². The molecule has 0 saturated carbocycles. The van der Waals surface area contributed by atoms with Crippen molar-refractivity contribution in [1.29, 1.82) is 0 Å². The molecule has 3 rings (SSSR count). The van der Waals surface area contributed by atoms with Gasteiger partial charge in [-0.25, -0.2) is 18.2 Å². The first-order valence-corrected chi connectivity index (χ1v) is 10.1. The van der Waals surface area contributed by atoms with Crippen LogP contribution in [-0.4, -0.2) is 30.7 Å². The number of halogens is 3. The smallest absolute Gasteiger partial charge is 0.257 e. The largest absolute Gasteiger partial charge is 0.488 e. The maximum Gasteiger partial charge on any atom is 0.257 e. The highest BCUT2D eigenvalue weighted by atomic mass is 32.1. The van der Waals surface area contributed by atoms with Gasteiger partial charge in [-0.1, -0.05) is 12.2 Å². The third-order valence-electron chi connectivity index (χ3n) is 4.06. The second kappa shape index (κ2) is 10.2. The summed E-state index contributed by atoms with van der Waals surface area (Å²) in [6.45, 7) is 2.13. The molecule has 9 heteroatoms. The summed E-state index contributed by atoms with van der Waals surface area (Å²) in [5, 5.41) is 4.83. The summed E-state index contributed by atoms with van der Waals surface area (Å²) in [6, 6.07) is 6.07. The standard InChI is InChI=1S/C22H19F3N2O3S/c1-13(12-29-2)30-18-8-14(3-4-15-9-17(23)11-19(24)20(15)25)7-16(10-18)21(28)27-22-26-5-6-31-22/h3-11,13H,12H2,1-2H3,(H,26,27,28)/b4-3+/t13-/m0/s1. The minimum absolute atomic E-state index is 0.259. The van der Waals surface area contributed by atoms with E-state index in [9.17, 15) is 18.0 Å². The molecule has 0 spiro atoms. The van der Waals surface area contributed by atoms with Crippen molar-refractivity contribution in [2.75, 3.05) is 19.0 Å². The van der Waals surface area contributed by atoms with Crippen molar-refractivity contribution in [3.63, 3.8) is 0 Å². The van der Waals surface area contributed by atoms with Crippen molar-refractivity contribution in [2.24, 2.45) is 0 Å². The Hall–Kier alpha value is -3.17. The molecule has 1 N–H and O–H groups in total. The van der Waals surface area contributed by atoms with E-state index >= 15 is 0 Å². The number of rotatable bonds is 8. The molecule has 3 aromatic rings. The molecule has 0 radical (unpaired) electrons. The van der Waals surface area contributed by atoms with Gasteiger partial charge in [0.05, 0.1) is 6.61 Å². The minimum atomic E-state index is -1.28. The third kappa shape index (κ3) is 6.16. The molecule has 0 bridgehead atoms. The molecule has 1 atom stereocenters. The summed E-state index contributed by atoms with van der Waals surface area (Å²) in [5.74, 6) is -3.39. The molecule has 5 nitrogen and oxygen atoms in total. The van der Waals surface area contributed by atoms with Crippen molar-refractivity contribution >= 4 is 34.5 Å². The second-order valence-corrected chi connectivity index (χ2v) is 7.48. The number of carbonyl (C=O) groups is 1. The molecule has 0 unspecified atom stereocenters. The van der Waals surface area contributed by atoms with Gasteiger partial charge < -0.3 is 9.47 Å². The van der Waals surface area contributed by atoms with Crippen LogP contribution in [0.25, 0.3) is 12.2 Å². The Bertz CT molecular complexity index is 1090. The number of carbonyl (C=O) groups excluding carboxylic acids is 1. The van der Waals surface area contributed by atoms with Crippen LogP contribution in [-0.2, 0) is 4.74 Å². The lowest BCUT2D eigenvalue weighted by atomic mass is 10.1. The molecule has 31 heavy (non-hydrogen) atoms. The summed E-state index contributed by atoms with van der Waals surface area (Å²) in [7, 11) is 1.54. The number of nitrogens with one attached hydrogen (secondary N) is 1. The highest BCUT2D eigenvalue weighted by Gasteiger charge is 2.13. The van der Waals surface area contributed by atoms with Crippen LogP contribution in [0.2, 0.25) is 0 Å². The quantitative estimate of drug-likeness (QED) is 0.370. The van der Waals surface area contributed by atoms with Crippen LogP contribution in [0, 0.1) is 17.5 Å². The lowest BCUT2D eigenvalue weighted by Gasteiger charge is -2.15. The maximum atomic E-state index is 13.9. The van der Waals surface area contributed by atoms with Gasteiger partial charge in [0.1, 0.15) is 17.7 Å². The number of methoxy groups -OCH3 is 1. The number of amides is 1. The zero-order valence-electron chi connectivity index (χ0n) is 16.7. The number of benzene rings is 2. The normalized spacial score (nSPS) is 12.2. The predicted molar refractivity (Wildman–Crippen MR) is 114 cm³/mol. The van der Waals surface area contributed by atoms with Gasteiger partial charge in [-0.05, 0) is 36.8 Å². The number of aromatic nitrogens is 1. The highest BCUT2D eigenvalue weighted by Crippen LogP contribution is 2.23. The number of hydrogen-bond donors (Lipinski definition) is 1. The van der Waals surface area contributed by atoms with Crippen molar-refractivity contribution in [2.45, 2.75) is 13.0 Å². The summed E-state index contributed by atoms with van der Waals surface area (Å²) >= 11 is 1.27. The number of hydrogen-bond acceptors (Lipinski definition) is 5. The van der Waals surface area contributed by atoms with Gasteiger partial charge in [-0.3, -0.25) is 10.1 Å². The first-order chi connectivity index (χ1) is 14.9. The van der Waals surface area contributed by atoms with Gasteiger partial charge in [-0.2, -0.15) is 0 Å². The van der Waals surface area contributed by atoms with E-state index in [1.807, 2.05) is 0 Å². The van der Waals surface area contributed by atoms with Crippen LogP contribution in [0.15, 0.2) is 41.9 Å². The topological polar surface area (TPSA) is 60.5 Å². The fourth-order valence-electron chi connectivity index (χ4n) is 2.76. The Morgan fingerprint density at radius 3 is 2.71 bits per heavy atom. The van der Waals surface area contributed by atoms with Gasteiger partial charge in [-0.15, -0.1) is 11.3 Å². The number of nitrogens with zero attached hydrogens (tertiary/aromatic N) is 1. The number of thiazole rings is 1. The number of ether oxygens (including phenoxy) is 2. The molecule has 0 aliphatic carbocycles. The minimum Gasteiger partial charge on any atom is -0.488 e. The first-order valence-electron chi connectivity index (χ1n) is 9.20. The zero-order chi connectivity index (χ0) is 22.4. The molecule has 0 saturated heterocycles. The van der Waals surface area contributed by atoms with E-state index in [4.69, 9.17) is 9.47 Å². The van der Waals surface area contributed by atoms with E-state index in [0.717, 1.165) is 6.07 Å². The second-order valence-electron chi connectivity index (χ2n) is 6.59. The average Bonchev–Trinajstić information content (AvgIpc) is 3.22. The van der Waals surface area contributed by atoms with E-state index in [1.54, 1.807) is 43.8 Å². The van der Waals surface area contributed by atoms with Crippen molar-refractivity contribution in [1.82, 2.24) is 4.98 Å². The fraction of sp³-hybridized carbons (Fsp3) is 0.182. The van der Waals surface area contributed by atoms with E-state index in [2.05, 4.69) is 10.3 Å². The maximum absolute atomic E-state index is 13.9. The molecule has 1 amide bonds. The molecule has 0 aliphatic rings. The van der Waals surface area contributed by atoms with Gasteiger partial charge in [0.2, 0.25) is 0 Å². The van der Waals surface area contributed by atoms with Crippen LogP contribution >= 0.6 is 11.3 Å². The Morgan fingerprint density at radius 2 is 2.00 bits per heavy atom. The summed E-state index contributed by atoms with van der Waals surface area (Å²) in [6.07, 6.45) is 3.92. The Kier molecular flexibility index (Phi) is 7.43. The van der Waals surface area contributed by atoms with Crippen molar-refractivity contribution in [3.05, 3.63) is 76.1 Å². The fourth-order valence-corrected chi connectivity index (χ4v) is 3.28. The van der Waals surface area contributed by atoms with E-state index in [-0.39, 0.29) is 17.2 Å². The molecule has 1 heterocycles. The van der Waals surface area contributed by atoms with Gasteiger partial charge >= 0.3 is 0 Å². The average molecular weight is 448 g/mol. The molecule has 162 valence electrons. The Balaban J connectivity index is 1.93. The van der Waals surface area contributed by atoms with E-state index in [0.29, 0.717) is 29.1 Å². The predicted octanol–water partition coefficient (Wildman–Crippen LogP) is 5.40. The van der Waals surface area contributed by atoms with Crippen molar-refractivity contribution < 1.29 is 27.4 Å². The van der Waals surface area contributed by atoms with E-state index < -0.39 is 23.4 Å². The molecule has 2 aromatic carbocycles. The molecule has 1 aromatic heterocycles. The molecule has 0 aliphatic heterocycles. The summed E-state index contributed by atoms with van der Waals surface area (Å²) in [4.78, 5) is 16.7. The van der Waals surface area contributed by atoms with Crippen molar-refractivity contribution in [3.8, 4) is 5.75 Å². The van der Waals surface area contributed by atoms with Crippen LogP contribution in [0.1, 0.15) is 28.4 Å². The lowest BCUT2D eigenvalue weighted by molar-refractivity contribution is 0.0917. The monoisotopic (exact) mass is 448 g/mol. The van der Waals surface area contributed by atoms with E-state index in [1.165, 1.54) is 23.5 Å². The zero-order valence-corrected chi connectivity index (χ0v) is 17.5. The first kappa shape index (κ1) is 22.5. The molecular formula is C22H19F3N2O3S. The van der Waals surface area contributed by atoms with Gasteiger partial charge in [0.15, 0.2) is 16.8 Å². The van der Waals surface area contributed by atoms with Crippen LogP contribution in [0.3, 0.4) is 0 Å². The summed E-state index contributed by atoms with van der Waals surface area (Å²) < 4.78 is 51.7. The molecule has 0 fully saturated rings. The van der Waals surface area contributed by atoms with Crippen LogP contribution < -0.4 is 10.1 Å². The Labute approximate surface area is 181 Å². The SMILES string of the molecule is COC[C@H](C)Oc1cc(/C=C/c2cc(F)cc(F)c2F)cc(C(=O)Nc2nccs2)c1. The Morgan fingerprint density at radius 1 is 1.19 bits per heavy atom.